The summed E-state index contributed by atoms with van der Waals surface area (Å²) >= 11 is 0.959. The number of benzene rings is 2. The first-order valence-corrected chi connectivity index (χ1v) is 10.1. The summed E-state index contributed by atoms with van der Waals surface area (Å²) in [6, 6.07) is 8.99. The lowest BCUT2D eigenvalue weighted by Gasteiger charge is -2.17. The number of anilines is 2. The van der Waals surface area contributed by atoms with E-state index in [1.165, 1.54) is 6.07 Å². The molecule has 0 fully saturated rings. The SMILES string of the molecule is Cc1cccc(NC(=O)CSC2=NS(=O)(=O)c3cc(F)ccc3N2)c1C. The molecule has 9 heteroatoms. The molecule has 26 heavy (non-hydrogen) atoms. The Balaban J connectivity index is 1.69. The van der Waals surface area contributed by atoms with Crippen molar-refractivity contribution in [3.05, 3.63) is 53.3 Å². The molecule has 0 radical (unpaired) electrons. The maximum absolute atomic E-state index is 13.3. The van der Waals surface area contributed by atoms with Crippen LogP contribution in [0.5, 0.6) is 0 Å². The van der Waals surface area contributed by atoms with Gasteiger partial charge in [-0.15, -0.1) is 4.40 Å². The molecule has 1 heterocycles. The molecule has 6 nitrogen and oxygen atoms in total. The second-order valence-electron chi connectivity index (χ2n) is 5.72. The Morgan fingerprint density at radius 3 is 2.81 bits per heavy atom. The maximum atomic E-state index is 13.3. The van der Waals surface area contributed by atoms with Crippen LogP contribution in [0.15, 0.2) is 45.7 Å². The second kappa shape index (κ2) is 7.08. The standard InChI is InChI=1S/C17H16FN3O3S2/c1-10-4-3-5-13(11(10)2)19-16(22)9-25-17-20-14-7-6-12(18)8-15(14)26(23,24)21-17/h3-8H,9H2,1-2H3,(H,19,22)(H,20,21). The first kappa shape index (κ1) is 18.4. The number of hydrogen-bond donors (Lipinski definition) is 2. The van der Waals surface area contributed by atoms with Crippen LogP contribution in [0.25, 0.3) is 0 Å². The third-order valence-electron chi connectivity index (χ3n) is 3.88. The lowest BCUT2D eigenvalue weighted by molar-refractivity contribution is -0.113. The van der Waals surface area contributed by atoms with Gasteiger partial charge in [0.1, 0.15) is 10.7 Å². The number of carbonyl (C=O) groups excluding carboxylic acids is 1. The predicted octanol–water partition coefficient (Wildman–Crippen LogP) is 3.28. The molecule has 1 amide bonds. The lowest BCUT2D eigenvalue weighted by atomic mass is 10.1. The number of nitrogens with one attached hydrogen (secondary N) is 2. The van der Waals surface area contributed by atoms with E-state index in [1.54, 1.807) is 6.07 Å². The molecule has 0 aliphatic carbocycles. The Bertz CT molecular complexity index is 1020. The number of aryl methyl sites for hydroxylation is 1. The quantitative estimate of drug-likeness (QED) is 0.836. The van der Waals surface area contributed by atoms with Crippen molar-refractivity contribution in [1.29, 1.82) is 0 Å². The fraction of sp³-hybridized carbons (Fsp3) is 0.176. The summed E-state index contributed by atoms with van der Waals surface area (Å²) in [7, 11) is -4.00. The van der Waals surface area contributed by atoms with E-state index in [4.69, 9.17) is 0 Å². The monoisotopic (exact) mass is 393 g/mol. The van der Waals surface area contributed by atoms with Crippen LogP contribution in [0.1, 0.15) is 11.1 Å². The third kappa shape index (κ3) is 3.88. The van der Waals surface area contributed by atoms with Gasteiger partial charge in [-0.05, 0) is 49.2 Å². The Morgan fingerprint density at radius 1 is 1.27 bits per heavy atom. The van der Waals surface area contributed by atoms with Gasteiger partial charge in [0.25, 0.3) is 10.0 Å². The van der Waals surface area contributed by atoms with Crippen molar-refractivity contribution in [3.63, 3.8) is 0 Å². The Kier molecular flexibility index (Phi) is 5.01. The number of thioether (sulfide) groups is 1. The van der Waals surface area contributed by atoms with Gasteiger partial charge in [0, 0.05) is 5.69 Å². The molecule has 136 valence electrons. The highest BCUT2D eigenvalue weighted by Crippen LogP contribution is 2.30. The van der Waals surface area contributed by atoms with E-state index in [9.17, 15) is 17.6 Å². The van der Waals surface area contributed by atoms with Gasteiger partial charge in [-0.2, -0.15) is 8.42 Å². The maximum Gasteiger partial charge on any atom is 0.286 e. The van der Waals surface area contributed by atoms with E-state index < -0.39 is 15.8 Å². The van der Waals surface area contributed by atoms with Crippen molar-refractivity contribution in [1.82, 2.24) is 0 Å². The van der Waals surface area contributed by atoms with Gasteiger partial charge in [0.2, 0.25) is 5.91 Å². The zero-order chi connectivity index (χ0) is 18.9. The second-order valence-corrected chi connectivity index (χ2v) is 8.26. The van der Waals surface area contributed by atoms with Crippen LogP contribution in [0.2, 0.25) is 0 Å². The van der Waals surface area contributed by atoms with E-state index in [2.05, 4.69) is 15.0 Å². The molecule has 0 saturated carbocycles. The van der Waals surface area contributed by atoms with E-state index in [0.29, 0.717) is 5.69 Å². The smallest absolute Gasteiger partial charge is 0.286 e. The minimum atomic E-state index is -4.00. The van der Waals surface area contributed by atoms with E-state index in [0.717, 1.165) is 35.0 Å². The van der Waals surface area contributed by atoms with Crippen molar-refractivity contribution in [3.8, 4) is 0 Å². The van der Waals surface area contributed by atoms with Crippen LogP contribution in [0.3, 0.4) is 0 Å². The van der Waals surface area contributed by atoms with E-state index >= 15 is 0 Å². The highest BCUT2D eigenvalue weighted by atomic mass is 32.2. The zero-order valence-electron chi connectivity index (χ0n) is 14.0. The molecule has 1 aliphatic rings. The van der Waals surface area contributed by atoms with Gasteiger partial charge in [-0.3, -0.25) is 4.79 Å². The number of rotatable bonds is 3. The molecule has 2 N–H and O–H groups in total. The minimum Gasteiger partial charge on any atom is -0.333 e. The third-order valence-corrected chi connectivity index (χ3v) is 6.19. The molecule has 0 spiro atoms. The number of hydrogen-bond acceptors (Lipinski definition) is 5. The van der Waals surface area contributed by atoms with Crippen molar-refractivity contribution in [2.24, 2.45) is 4.40 Å². The van der Waals surface area contributed by atoms with Crippen LogP contribution >= 0.6 is 11.8 Å². The zero-order valence-corrected chi connectivity index (χ0v) is 15.7. The molecule has 0 bridgehead atoms. The molecular formula is C17H16FN3O3S2. The molecule has 0 saturated heterocycles. The van der Waals surface area contributed by atoms with Gasteiger partial charge >= 0.3 is 0 Å². The van der Waals surface area contributed by atoms with Crippen LogP contribution in [0, 0.1) is 19.7 Å². The largest absolute Gasteiger partial charge is 0.333 e. The van der Waals surface area contributed by atoms with Gasteiger partial charge in [0.05, 0.1) is 11.4 Å². The highest BCUT2D eigenvalue weighted by molar-refractivity contribution is 8.15. The summed E-state index contributed by atoms with van der Waals surface area (Å²) in [4.78, 5) is 11.9. The van der Waals surface area contributed by atoms with Crippen molar-refractivity contribution in [2.45, 2.75) is 18.7 Å². The summed E-state index contributed by atoms with van der Waals surface area (Å²) < 4.78 is 41.2. The fourth-order valence-corrected chi connectivity index (χ4v) is 4.43. The first-order chi connectivity index (χ1) is 12.3. The Labute approximate surface area is 155 Å². The topological polar surface area (TPSA) is 87.6 Å². The normalized spacial score (nSPS) is 14.8. The number of sulfonamides is 1. The van der Waals surface area contributed by atoms with Crippen molar-refractivity contribution in [2.75, 3.05) is 16.4 Å². The van der Waals surface area contributed by atoms with Crippen LogP contribution in [-0.2, 0) is 14.8 Å². The summed E-state index contributed by atoms with van der Waals surface area (Å²) in [5.41, 5.74) is 2.97. The van der Waals surface area contributed by atoms with E-state index in [-0.39, 0.29) is 27.4 Å². The Morgan fingerprint density at radius 2 is 2.04 bits per heavy atom. The van der Waals surface area contributed by atoms with Crippen LogP contribution in [-0.4, -0.2) is 25.2 Å². The molecule has 0 unspecified atom stereocenters. The number of halogens is 1. The van der Waals surface area contributed by atoms with E-state index in [1.807, 2.05) is 26.0 Å². The highest BCUT2D eigenvalue weighted by Gasteiger charge is 2.26. The van der Waals surface area contributed by atoms with Crippen LogP contribution in [0.4, 0.5) is 15.8 Å². The number of amides is 1. The summed E-state index contributed by atoms with van der Waals surface area (Å²) in [5.74, 6) is -0.963. The van der Waals surface area contributed by atoms with Gasteiger partial charge < -0.3 is 10.6 Å². The fourth-order valence-electron chi connectivity index (χ4n) is 2.38. The number of amidine groups is 1. The average Bonchev–Trinajstić information content (AvgIpc) is 2.57. The molecule has 3 rings (SSSR count). The van der Waals surface area contributed by atoms with Gasteiger partial charge in [0.15, 0.2) is 5.17 Å². The number of carbonyl (C=O) groups is 1. The molecule has 2 aromatic rings. The summed E-state index contributed by atoms with van der Waals surface area (Å²) in [5, 5.41) is 5.67. The van der Waals surface area contributed by atoms with Crippen molar-refractivity contribution >= 4 is 44.2 Å². The summed E-state index contributed by atoms with van der Waals surface area (Å²) in [6.07, 6.45) is 0. The number of fused-ring (bicyclic) bond motifs is 1. The summed E-state index contributed by atoms with van der Waals surface area (Å²) in [6.45, 7) is 3.86. The predicted molar refractivity (Wildman–Crippen MR) is 102 cm³/mol. The van der Waals surface area contributed by atoms with Crippen molar-refractivity contribution < 1.29 is 17.6 Å². The van der Waals surface area contributed by atoms with Gasteiger partial charge in [-0.1, -0.05) is 23.9 Å². The minimum absolute atomic E-state index is 0.0226. The molecule has 0 aromatic heterocycles. The first-order valence-electron chi connectivity index (χ1n) is 7.67. The van der Waals surface area contributed by atoms with Crippen LogP contribution < -0.4 is 10.6 Å². The molecule has 2 aromatic carbocycles. The molecular weight excluding hydrogens is 377 g/mol. The van der Waals surface area contributed by atoms with Gasteiger partial charge in [-0.25, -0.2) is 4.39 Å². The molecule has 1 aliphatic heterocycles. The molecule has 0 atom stereocenters. The Hall–Kier alpha value is -2.39. The lowest BCUT2D eigenvalue weighted by Crippen LogP contribution is -2.22. The average molecular weight is 393 g/mol. The number of nitrogens with zero attached hydrogens (tertiary/aromatic N) is 1.